The van der Waals surface area contributed by atoms with Crippen LogP contribution in [0.25, 0.3) is 0 Å². The summed E-state index contributed by atoms with van der Waals surface area (Å²) >= 11 is 0. The van der Waals surface area contributed by atoms with Crippen LogP contribution < -0.4 is 10.6 Å². The van der Waals surface area contributed by atoms with E-state index in [0.29, 0.717) is 5.92 Å². The van der Waals surface area contributed by atoms with Gasteiger partial charge in [0.05, 0.1) is 0 Å². The van der Waals surface area contributed by atoms with Crippen LogP contribution >= 0.6 is 0 Å². The van der Waals surface area contributed by atoms with Gasteiger partial charge < -0.3 is 10.6 Å². The third kappa shape index (κ3) is 5.33. The Morgan fingerprint density at radius 1 is 1.16 bits per heavy atom. The molecule has 2 N–H and O–H groups in total. The maximum atomic E-state index is 3.57. The van der Waals surface area contributed by atoms with Crippen molar-refractivity contribution in [3.8, 4) is 0 Å². The van der Waals surface area contributed by atoms with Crippen molar-refractivity contribution in [2.24, 2.45) is 0 Å². The average Bonchev–Trinajstić information content (AvgIpc) is 3.23. The summed E-state index contributed by atoms with van der Waals surface area (Å²) in [7, 11) is 2.01. The van der Waals surface area contributed by atoms with Crippen molar-refractivity contribution in [3.63, 3.8) is 0 Å². The van der Waals surface area contributed by atoms with Crippen molar-refractivity contribution in [3.05, 3.63) is 35.4 Å². The summed E-state index contributed by atoms with van der Waals surface area (Å²) in [6, 6.07) is 10.0. The Labute approximate surface area is 118 Å². The highest BCUT2D eigenvalue weighted by atomic mass is 14.9. The SMILES string of the molecule is CNCC(C)c1ccc(CCCCNC2CC2)cc1. The second-order valence-electron chi connectivity index (χ2n) is 5.89. The van der Waals surface area contributed by atoms with E-state index in [4.69, 9.17) is 0 Å². The minimum atomic E-state index is 0.599. The summed E-state index contributed by atoms with van der Waals surface area (Å²) < 4.78 is 0. The normalized spacial score (nSPS) is 16.5. The lowest BCUT2D eigenvalue weighted by Crippen LogP contribution is -2.17. The van der Waals surface area contributed by atoms with E-state index in [0.717, 1.165) is 12.6 Å². The molecule has 19 heavy (non-hydrogen) atoms. The van der Waals surface area contributed by atoms with Gasteiger partial charge in [0, 0.05) is 12.6 Å². The second kappa shape index (κ2) is 7.66. The molecule has 0 spiro atoms. The summed E-state index contributed by atoms with van der Waals surface area (Å²) in [6.45, 7) is 4.52. The molecular weight excluding hydrogens is 232 g/mol. The van der Waals surface area contributed by atoms with Crippen LogP contribution in [0.2, 0.25) is 0 Å². The smallest absolute Gasteiger partial charge is 0.00682 e. The van der Waals surface area contributed by atoms with Crippen LogP contribution in [-0.2, 0) is 6.42 Å². The molecule has 0 saturated heterocycles. The lowest BCUT2D eigenvalue weighted by atomic mass is 9.98. The molecule has 106 valence electrons. The first-order valence-electron chi connectivity index (χ1n) is 7.76. The lowest BCUT2D eigenvalue weighted by molar-refractivity contribution is 0.619. The van der Waals surface area contributed by atoms with E-state index in [1.54, 1.807) is 0 Å². The number of rotatable bonds is 9. The first kappa shape index (κ1) is 14.5. The Balaban J connectivity index is 1.65. The van der Waals surface area contributed by atoms with Crippen LogP contribution in [0.4, 0.5) is 0 Å². The topological polar surface area (TPSA) is 24.1 Å². The minimum Gasteiger partial charge on any atom is -0.319 e. The Bertz CT molecular complexity index is 354. The molecule has 1 saturated carbocycles. The maximum absolute atomic E-state index is 3.57. The number of benzene rings is 1. The van der Waals surface area contributed by atoms with E-state index < -0.39 is 0 Å². The first-order valence-corrected chi connectivity index (χ1v) is 7.76. The van der Waals surface area contributed by atoms with Gasteiger partial charge in [0.2, 0.25) is 0 Å². The molecule has 0 aromatic heterocycles. The molecule has 0 amide bonds. The second-order valence-corrected chi connectivity index (χ2v) is 5.89. The largest absolute Gasteiger partial charge is 0.319 e. The van der Waals surface area contributed by atoms with Crippen molar-refractivity contribution < 1.29 is 0 Å². The fraction of sp³-hybridized carbons (Fsp3) is 0.647. The van der Waals surface area contributed by atoms with Crippen LogP contribution in [0, 0.1) is 0 Å². The van der Waals surface area contributed by atoms with Crippen LogP contribution in [0.15, 0.2) is 24.3 Å². The number of unbranched alkanes of at least 4 members (excludes halogenated alkanes) is 1. The summed E-state index contributed by atoms with van der Waals surface area (Å²) in [6.07, 6.45) is 6.60. The third-order valence-corrected chi connectivity index (χ3v) is 3.96. The number of hydrogen-bond donors (Lipinski definition) is 2. The van der Waals surface area contributed by atoms with Crippen molar-refractivity contribution in [2.45, 2.75) is 51.0 Å². The number of nitrogens with one attached hydrogen (secondary N) is 2. The van der Waals surface area contributed by atoms with E-state index in [1.165, 1.54) is 49.8 Å². The Hall–Kier alpha value is -0.860. The molecule has 0 aliphatic heterocycles. The minimum absolute atomic E-state index is 0.599. The van der Waals surface area contributed by atoms with Gasteiger partial charge in [-0.15, -0.1) is 0 Å². The fourth-order valence-electron chi connectivity index (χ4n) is 2.48. The third-order valence-electron chi connectivity index (χ3n) is 3.96. The van der Waals surface area contributed by atoms with Gasteiger partial charge in [-0.25, -0.2) is 0 Å². The Morgan fingerprint density at radius 2 is 1.89 bits per heavy atom. The molecule has 1 unspecified atom stereocenters. The lowest BCUT2D eigenvalue weighted by Gasteiger charge is -2.11. The molecule has 1 aromatic rings. The highest BCUT2D eigenvalue weighted by Crippen LogP contribution is 2.19. The van der Waals surface area contributed by atoms with Gasteiger partial charge in [0.15, 0.2) is 0 Å². The van der Waals surface area contributed by atoms with Gasteiger partial charge in [-0.3, -0.25) is 0 Å². The van der Waals surface area contributed by atoms with E-state index in [2.05, 4.69) is 41.8 Å². The highest BCUT2D eigenvalue weighted by molar-refractivity contribution is 5.25. The molecule has 2 nitrogen and oxygen atoms in total. The van der Waals surface area contributed by atoms with E-state index in [1.807, 2.05) is 7.05 Å². The molecule has 0 radical (unpaired) electrons. The zero-order chi connectivity index (χ0) is 13.5. The van der Waals surface area contributed by atoms with Crippen molar-refractivity contribution in [1.82, 2.24) is 10.6 Å². The van der Waals surface area contributed by atoms with Crippen LogP contribution in [0.3, 0.4) is 0 Å². The number of hydrogen-bond acceptors (Lipinski definition) is 2. The van der Waals surface area contributed by atoms with E-state index in [-0.39, 0.29) is 0 Å². The number of likely N-dealkylation sites (N-methyl/N-ethyl adjacent to an activating group) is 1. The molecular formula is C17H28N2. The predicted octanol–water partition coefficient (Wildman–Crippen LogP) is 3.08. The Morgan fingerprint density at radius 3 is 2.53 bits per heavy atom. The van der Waals surface area contributed by atoms with Gasteiger partial charge >= 0.3 is 0 Å². The number of aryl methyl sites for hydroxylation is 1. The zero-order valence-electron chi connectivity index (χ0n) is 12.4. The predicted molar refractivity (Wildman–Crippen MR) is 82.7 cm³/mol. The average molecular weight is 260 g/mol. The Kier molecular flexibility index (Phi) is 5.87. The summed E-state index contributed by atoms with van der Waals surface area (Å²) in [5.41, 5.74) is 2.92. The molecule has 1 aliphatic rings. The first-order chi connectivity index (χ1) is 9.29. The standard InChI is InChI=1S/C17H28N2/c1-14(13-18-2)16-8-6-15(7-9-16)5-3-4-12-19-17-10-11-17/h6-9,14,17-19H,3-5,10-13H2,1-2H3. The quantitative estimate of drug-likeness (QED) is 0.667. The van der Waals surface area contributed by atoms with Crippen molar-refractivity contribution in [2.75, 3.05) is 20.1 Å². The monoisotopic (exact) mass is 260 g/mol. The van der Waals surface area contributed by atoms with Crippen LogP contribution in [-0.4, -0.2) is 26.2 Å². The van der Waals surface area contributed by atoms with Gasteiger partial charge in [0.25, 0.3) is 0 Å². The van der Waals surface area contributed by atoms with Crippen molar-refractivity contribution in [1.29, 1.82) is 0 Å². The van der Waals surface area contributed by atoms with Crippen LogP contribution in [0.1, 0.15) is 49.7 Å². The summed E-state index contributed by atoms with van der Waals surface area (Å²) in [5.74, 6) is 0.599. The molecule has 1 atom stereocenters. The highest BCUT2D eigenvalue weighted by Gasteiger charge is 2.19. The molecule has 0 heterocycles. The molecule has 2 heteroatoms. The van der Waals surface area contributed by atoms with Gasteiger partial charge in [-0.05, 0) is 62.7 Å². The molecule has 1 aliphatic carbocycles. The summed E-state index contributed by atoms with van der Waals surface area (Å²) in [5, 5.41) is 6.81. The fourth-order valence-corrected chi connectivity index (χ4v) is 2.48. The summed E-state index contributed by atoms with van der Waals surface area (Å²) in [4.78, 5) is 0. The van der Waals surface area contributed by atoms with E-state index in [9.17, 15) is 0 Å². The van der Waals surface area contributed by atoms with Crippen molar-refractivity contribution >= 4 is 0 Å². The van der Waals surface area contributed by atoms with E-state index >= 15 is 0 Å². The van der Waals surface area contributed by atoms with Crippen LogP contribution in [0.5, 0.6) is 0 Å². The molecule has 0 bridgehead atoms. The van der Waals surface area contributed by atoms with Gasteiger partial charge in [-0.2, -0.15) is 0 Å². The van der Waals surface area contributed by atoms with Gasteiger partial charge in [0.1, 0.15) is 0 Å². The molecule has 1 fully saturated rings. The molecule has 2 rings (SSSR count). The van der Waals surface area contributed by atoms with Gasteiger partial charge in [-0.1, -0.05) is 31.2 Å². The maximum Gasteiger partial charge on any atom is 0.00682 e. The zero-order valence-corrected chi connectivity index (χ0v) is 12.4. The molecule has 1 aromatic carbocycles.